The summed E-state index contributed by atoms with van der Waals surface area (Å²) >= 11 is 1.55. The molecule has 4 aromatic rings. The molecular formula is C22H19N3O2S. The predicted octanol–water partition coefficient (Wildman–Crippen LogP) is 5.40. The van der Waals surface area contributed by atoms with Gasteiger partial charge in [-0.2, -0.15) is 0 Å². The maximum absolute atomic E-state index is 12.4. The van der Waals surface area contributed by atoms with Gasteiger partial charge in [0.15, 0.2) is 0 Å². The molecule has 0 aliphatic heterocycles. The van der Waals surface area contributed by atoms with Crippen LogP contribution < -0.4 is 10.1 Å². The Labute approximate surface area is 167 Å². The molecule has 5 nitrogen and oxygen atoms in total. The Morgan fingerprint density at radius 3 is 2.46 bits per heavy atom. The zero-order valence-electron chi connectivity index (χ0n) is 15.5. The molecule has 4 rings (SSSR count). The summed E-state index contributed by atoms with van der Waals surface area (Å²) in [7, 11) is 0. The maximum atomic E-state index is 12.4. The Bertz CT molecular complexity index is 1070. The van der Waals surface area contributed by atoms with Crippen molar-refractivity contribution in [2.24, 2.45) is 0 Å². The minimum absolute atomic E-state index is 0.101. The van der Waals surface area contributed by atoms with Crippen molar-refractivity contribution in [2.75, 3.05) is 5.32 Å². The number of pyridine rings is 1. The van der Waals surface area contributed by atoms with Crippen LogP contribution >= 0.6 is 11.3 Å². The van der Waals surface area contributed by atoms with Crippen molar-refractivity contribution < 1.29 is 9.53 Å². The van der Waals surface area contributed by atoms with E-state index in [0.717, 1.165) is 32.4 Å². The van der Waals surface area contributed by atoms with E-state index >= 15 is 0 Å². The predicted molar refractivity (Wildman–Crippen MR) is 113 cm³/mol. The lowest BCUT2D eigenvalue weighted by Crippen LogP contribution is -2.12. The van der Waals surface area contributed by atoms with Crippen LogP contribution in [0.15, 0.2) is 66.9 Å². The highest BCUT2D eigenvalue weighted by Crippen LogP contribution is 2.29. The Balaban J connectivity index is 1.46. The summed E-state index contributed by atoms with van der Waals surface area (Å²) in [5.41, 5.74) is 3.20. The minimum atomic E-state index is -0.159. The normalized spacial score (nSPS) is 11.0. The van der Waals surface area contributed by atoms with Gasteiger partial charge in [-0.15, -0.1) is 0 Å². The van der Waals surface area contributed by atoms with Crippen LogP contribution in [0.1, 0.15) is 24.2 Å². The van der Waals surface area contributed by atoms with Crippen LogP contribution in [-0.2, 0) is 0 Å². The van der Waals surface area contributed by atoms with E-state index in [9.17, 15) is 4.79 Å². The average molecular weight is 389 g/mol. The second-order valence-corrected chi connectivity index (χ2v) is 7.55. The van der Waals surface area contributed by atoms with Gasteiger partial charge in [0, 0.05) is 23.0 Å². The van der Waals surface area contributed by atoms with E-state index in [0.29, 0.717) is 5.56 Å². The second-order valence-electron chi connectivity index (χ2n) is 6.57. The summed E-state index contributed by atoms with van der Waals surface area (Å²) in [6.45, 7) is 3.93. The van der Waals surface area contributed by atoms with Gasteiger partial charge in [-0.1, -0.05) is 11.3 Å². The van der Waals surface area contributed by atoms with Crippen LogP contribution in [0.2, 0.25) is 0 Å². The zero-order valence-corrected chi connectivity index (χ0v) is 16.4. The fourth-order valence-corrected chi connectivity index (χ4v) is 3.66. The number of anilines is 1. The number of hydrogen-bond donors (Lipinski definition) is 1. The number of hydrogen-bond acceptors (Lipinski definition) is 5. The summed E-state index contributed by atoms with van der Waals surface area (Å²) in [6.07, 6.45) is 1.87. The molecule has 6 heteroatoms. The highest BCUT2D eigenvalue weighted by atomic mass is 32.1. The second kappa shape index (κ2) is 7.78. The molecule has 0 aliphatic rings. The molecule has 2 aromatic carbocycles. The standard InChI is InChI=1S/C22H19N3O2S/c1-14(2)27-18-11-7-15(8-12-18)20(26)24-17-9-5-16(6-10-17)21-25-19-4-3-13-23-22(19)28-21/h3-14H,1-2H3,(H,24,26). The molecule has 1 amide bonds. The van der Waals surface area contributed by atoms with Crippen molar-refractivity contribution in [1.82, 2.24) is 9.97 Å². The van der Waals surface area contributed by atoms with Gasteiger partial charge < -0.3 is 10.1 Å². The average Bonchev–Trinajstić information content (AvgIpc) is 3.13. The third-order valence-electron chi connectivity index (χ3n) is 4.04. The number of nitrogens with one attached hydrogen (secondary N) is 1. The SMILES string of the molecule is CC(C)Oc1ccc(C(=O)Nc2ccc(-c3nc4cccnc4s3)cc2)cc1. The summed E-state index contributed by atoms with van der Waals surface area (Å²) in [5.74, 6) is 0.592. The number of amides is 1. The van der Waals surface area contributed by atoms with E-state index in [1.165, 1.54) is 0 Å². The fourth-order valence-electron chi connectivity index (χ4n) is 2.75. The number of rotatable bonds is 5. The third-order valence-corrected chi connectivity index (χ3v) is 5.07. The monoisotopic (exact) mass is 389 g/mol. The first-order chi connectivity index (χ1) is 13.6. The van der Waals surface area contributed by atoms with E-state index in [2.05, 4.69) is 15.3 Å². The zero-order chi connectivity index (χ0) is 19.5. The first-order valence-corrected chi connectivity index (χ1v) is 9.80. The third kappa shape index (κ3) is 4.02. The molecule has 2 aromatic heterocycles. The summed E-state index contributed by atoms with van der Waals surface area (Å²) in [4.78, 5) is 22.3. The molecule has 140 valence electrons. The van der Waals surface area contributed by atoms with Crippen molar-refractivity contribution in [1.29, 1.82) is 0 Å². The van der Waals surface area contributed by atoms with Crippen molar-refractivity contribution in [2.45, 2.75) is 20.0 Å². The molecule has 1 N–H and O–H groups in total. The quantitative estimate of drug-likeness (QED) is 0.496. The van der Waals surface area contributed by atoms with Crippen LogP contribution in [0.25, 0.3) is 20.9 Å². The molecule has 0 fully saturated rings. The number of carbonyl (C=O) groups excluding carboxylic acids is 1. The molecule has 0 radical (unpaired) electrons. The number of benzene rings is 2. The molecular weight excluding hydrogens is 370 g/mol. The highest BCUT2D eigenvalue weighted by molar-refractivity contribution is 7.21. The summed E-state index contributed by atoms with van der Waals surface area (Å²) in [6, 6.07) is 18.6. The van der Waals surface area contributed by atoms with Gasteiger partial charge in [0.2, 0.25) is 0 Å². The van der Waals surface area contributed by atoms with Gasteiger partial charge in [0.25, 0.3) is 5.91 Å². The largest absolute Gasteiger partial charge is 0.491 e. The van der Waals surface area contributed by atoms with Crippen molar-refractivity contribution in [3.63, 3.8) is 0 Å². The number of ether oxygens (including phenoxy) is 1. The smallest absolute Gasteiger partial charge is 0.255 e. The van der Waals surface area contributed by atoms with E-state index in [1.807, 2.05) is 50.2 Å². The molecule has 0 atom stereocenters. The Morgan fingerprint density at radius 2 is 1.79 bits per heavy atom. The van der Waals surface area contributed by atoms with Gasteiger partial charge in [-0.3, -0.25) is 4.79 Å². The molecule has 0 spiro atoms. The molecule has 2 heterocycles. The number of thiazole rings is 1. The highest BCUT2D eigenvalue weighted by Gasteiger charge is 2.09. The first-order valence-electron chi connectivity index (χ1n) is 8.98. The molecule has 0 saturated carbocycles. The lowest BCUT2D eigenvalue weighted by molar-refractivity contribution is 0.102. The van der Waals surface area contributed by atoms with Gasteiger partial charge in [0.05, 0.1) is 6.10 Å². The molecule has 28 heavy (non-hydrogen) atoms. The lowest BCUT2D eigenvalue weighted by Gasteiger charge is -2.10. The maximum Gasteiger partial charge on any atom is 0.255 e. The number of nitrogens with zero attached hydrogens (tertiary/aromatic N) is 2. The van der Waals surface area contributed by atoms with Crippen molar-refractivity contribution in [3.8, 4) is 16.3 Å². The molecule has 0 bridgehead atoms. The van der Waals surface area contributed by atoms with Crippen molar-refractivity contribution in [3.05, 3.63) is 72.4 Å². The Kier molecular flexibility index (Phi) is 5.04. The van der Waals surface area contributed by atoms with Crippen LogP contribution in [-0.4, -0.2) is 22.0 Å². The van der Waals surface area contributed by atoms with E-state index in [1.54, 1.807) is 41.8 Å². The fraction of sp³-hybridized carbons (Fsp3) is 0.136. The number of fused-ring (bicyclic) bond motifs is 1. The van der Waals surface area contributed by atoms with Gasteiger partial charge >= 0.3 is 0 Å². The van der Waals surface area contributed by atoms with Gasteiger partial charge in [-0.05, 0) is 74.5 Å². The molecule has 0 unspecified atom stereocenters. The molecule has 0 aliphatic carbocycles. The van der Waals surface area contributed by atoms with E-state index in [4.69, 9.17) is 4.74 Å². The van der Waals surface area contributed by atoms with Crippen LogP contribution in [0.4, 0.5) is 5.69 Å². The number of aromatic nitrogens is 2. The van der Waals surface area contributed by atoms with Gasteiger partial charge in [-0.25, -0.2) is 9.97 Å². The van der Waals surface area contributed by atoms with Crippen LogP contribution in [0.3, 0.4) is 0 Å². The lowest BCUT2D eigenvalue weighted by atomic mass is 10.2. The Hall–Kier alpha value is -3.25. The van der Waals surface area contributed by atoms with Crippen LogP contribution in [0, 0.1) is 0 Å². The van der Waals surface area contributed by atoms with E-state index < -0.39 is 0 Å². The van der Waals surface area contributed by atoms with Gasteiger partial charge in [0.1, 0.15) is 21.1 Å². The molecule has 0 saturated heterocycles. The van der Waals surface area contributed by atoms with E-state index in [-0.39, 0.29) is 12.0 Å². The topological polar surface area (TPSA) is 64.1 Å². The summed E-state index contributed by atoms with van der Waals surface area (Å²) < 4.78 is 5.60. The summed E-state index contributed by atoms with van der Waals surface area (Å²) in [5, 5.41) is 3.82. The first kappa shape index (κ1) is 18.1. The van der Waals surface area contributed by atoms with Crippen LogP contribution in [0.5, 0.6) is 5.75 Å². The Morgan fingerprint density at radius 1 is 1.04 bits per heavy atom. The number of carbonyl (C=O) groups is 1. The van der Waals surface area contributed by atoms with Crippen molar-refractivity contribution >= 4 is 33.3 Å². The minimum Gasteiger partial charge on any atom is -0.491 e.